The highest BCUT2D eigenvalue weighted by molar-refractivity contribution is 7.15. The van der Waals surface area contributed by atoms with Crippen molar-refractivity contribution >= 4 is 16.3 Å². The predicted molar refractivity (Wildman–Crippen MR) is 66.3 cm³/mol. The molecule has 3 nitrogen and oxygen atoms in total. The van der Waals surface area contributed by atoms with Gasteiger partial charge in [-0.2, -0.15) is 0 Å². The molecule has 1 aromatic carbocycles. The Balaban J connectivity index is 2.13. The highest BCUT2D eigenvalue weighted by atomic mass is 32.1. The van der Waals surface area contributed by atoms with E-state index in [1.807, 2.05) is 9.78 Å². The van der Waals surface area contributed by atoms with Crippen LogP contribution in [-0.2, 0) is 6.54 Å². The summed E-state index contributed by atoms with van der Waals surface area (Å²) in [5.41, 5.74) is 7.70. The quantitative estimate of drug-likeness (QED) is 0.774. The van der Waals surface area contributed by atoms with Gasteiger partial charge < -0.3 is 5.73 Å². The van der Waals surface area contributed by atoms with E-state index in [0.717, 1.165) is 22.8 Å². The van der Waals surface area contributed by atoms with E-state index in [0.29, 0.717) is 17.8 Å². The Morgan fingerprint density at radius 2 is 2.11 bits per heavy atom. The van der Waals surface area contributed by atoms with Gasteiger partial charge in [0.1, 0.15) is 0 Å². The van der Waals surface area contributed by atoms with Crippen LogP contribution in [0.1, 0.15) is 5.69 Å². The molecule has 0 aliphatic heterocycles. The van der Waals surface area contributed by atoms with Gasteiger partial charge >= 0.3 is 0 Å². The van der Waals surface area contributed by atoms with Crippen LogP contribution < -0.4 is 5.73 Å². The Bertz CT molecular complexity index is 717. The molecule has 2 N–H and O–H groups in total. The zero-order chi connectivity index (χ0) is 12.7. The van der Waals surface area contributed by atoms with E-state index in [1.54, 1.807) is 6.20 Å². The second-order valence-electron chi connectivity index (χ2n) is 3.84. The Morgan fingerprint density at radius 1 is 1.28 bits per heavy atom. The molecule has 0 radical (unpaired) electrons. The van der Waals surface area contributed by atoms with Crippen molar-refractivity contribution in [2.75, 3.05) is 0 Å². The smallest absolute Gasteiger partial charge is 0.194 e. The van der Waals surface area contributed by atoms with Gasteiger partial charge in [0.2, 0.25) is 0 Å². The summed E-state index contributed by atoms with van der Waals surface area (Å²) in [6.07, 6.45) is 1.78. The summed E-state index contributed by atoms with van der Waals surface area (Å²) in [6.45, 7) is 0.410. The molecule has 92 valence electrons. The molecule has 2 heterocycles. The Labute approximate surface area is 106 Å². The van der Waals surface area contributed by atoms with Gasteiger partial charge in [0.15, 0.2) is 16.6 Å². The van der Waals surface area contributed by atoms with Gasteiger partial charge in [0, 0.05) is 29.4 Å². The maximum Gasteiger partial charge on any atom is 0.194 e. The largest absolute Gasteiger partial charge is 0.325 e. The maximum atomic E-state index is 13.2. The van der Waals surface area contributed by atoms with Gasteiger partial charge in [-0.3, -0.25) is 4.40 Å². The second kappa shape index (κ2) is 4.15. The second-order valence-corrected chi connectivity index (χ2v) is 4.68. The van der Waals surface area contributed by atoms with E-state index in [4.69, 9.17) is 5.73 Å². The third kappa shape index (κ3) is 1.70. The van der Waals surface area contributed by atoms with Crippen molar-refractivity contribution in [2.24, 2.45) is 5.73 Å². The molecule has 0 amide bonds. The topological polar surface area (TPSA) is 43.3 Å². The molecule has 0 saturated heterocycles. The normalized spacial score (nSPS) is 11.3. The number of hydrogen-bond donors (Lipinski definition) is 1. The zero-order valence-corrected chi connectivity index (χ0v) is 10.0. The van der Waals surface area contributed by atoms with Crippen molar-refractivity contribution < 1.29 is 8.78 Å². The number of fused-ring (bicyclic) bond motifs is 1. The minimum atomic E-state index is -0.872. The lowest BCUT2D eigenvalue weighted by Crippen LogP contribution is -1.98. The molecule has 3 aromatic rings. The Morgan fingerprint density at radius 3 is 2.83 bits per heavy atom. The third-order valence-corrected chi connectivity index (χ3v) is 3.60. The SMILES string of the molecule is NCc1csc2nc(-c3ccc(F)c(F)c3)cn12. The van der Waals surface area contributed by atoms with Gasteiger partial charge in [-0.05, 0) is 18.2 Å². The first-order valence-corrected chi connectivity index (χ1v) is 6.18. The van der Waals surface area contributed by atoms with Crippen LogP contribution in [0.15, 0.2) is 29.8 Å². The van der Waals surface area contributed by atoms with Crippen molar-refractivity contribution in [1.82, 2.24) is 9.38 Å². The molecule has 0 aliphatic carbocycles. The van der Waals surface area contributed by atoms with Gasteiger partial charge in [-0.25, -0.2) is 13.8 Å². The average Bonchev–Trinajstić information content (AvgIpc) is 2.92. The summed E-state index contributed by atoms with van der Waals surface area (Å²) in [5, 5.41) is 1.93. The van der Waals surface area contributed by atoms with E-state index in [2.05, 4.69) is 4.98 Å². The standard InChI is InChI=1S/C12H9F2N3S/c13-9-2-1-7(3-10(9)14)11-5-17-8(4-15)6-18-12(17)16-11/h1-3,5-6H,4,15H2. The zero-order valence-electron chi connectivity index (χ0n) is 9.23. The molecule has 0 spiro atoms. The molecule has 2 aromatic heterocycles. The van der Waals surface area contributed by atoms with Crippen molar-refractivity contribution in [3.8, 4) is 11.3 Å². The number of aromatic nitrogens is 2. The first kappa shape index (κ1) is 11.3. The van der Waals surface area contributed by atoms with Crippen molar-refractivity contribution in [1.29, 1.82) is 0 Å². The number of benzene rings is 1. The van der Waals surface area contributed by atoms with Crippen molar-refractivity contribution in [2.45, 2.75) is 6.54 Å². The first-order chi connectivity index (χ1) is 8.69. The molecule has 0 bridgehead atoms. The number of thiazole rings is 1. The number of hydrogen-bond acceptors (Lipinski definition) is 3. The summed E-state index contributed by atoms with van der Waals surface area (Å²) < 4.78 is 27.9. The van der Waals surface area contributed by atoms with Gasteiger partial charge in [-0.15, -0.1) is 11.3 Å². The molecule has 0 saturated carbocycles. The lowest BCUT2D eigenvalue weighted by atomic mass is 10.1. The molecule has 0 fully saturated rings. The van der Waals surface area contributed by atoms with Crippen LogP contribution in [0, 0.1) is 11.6 Å². The van der Waals surface area contributed by atoms with Gasteiger partial charge in [-0.1, -0.05) is 0 Å². The molecule has 18 heavy (non-hydrogen) atoms. The van der Waals surface area contributed by atoms with Crippen LogP contribution in [0.5, 0.6) is 0 Å². The highest BCUT2D eigenvalue weighted by Gasteiger charge is 2.10. The molecule has 0 unspecified atom stereocenters. The predicted octanol–water partition coefficient (Wildman–Crippen LogP) is 2.80. The Kier molecular flexibility index (Phi) is 2.61. The maximum absolute atomic E-state index is 13.2. The lowest BCUT2D eigenvalue weighted by molar-refractivity contribution is 0.509. The summed E-state index contributed by atoms with van der Waals surface area (Å²) in [6, 6.07) is 3.75. The van der Waals surface area contributed by atoms with Crippen LogP contribution in [0.3, 0.4) is 0 Å². The Hall–Kier alpha value is -1.79. The number of halogens is 2. The van der Waals surface area contributed by atoms with E-state index < -0.39 is 11.6 Å². The third-order valence-electron chi connectivity index (χ3n) is 2.71. The van der Waals surface area contributed by atoms with Crippen LogP contribution >= 0.6 is 11.3 Å². The molecular weight excluding hydrogens is 256 g/mol. The van der Waals surface area contributed by atoms with Crippen LogP contribution in [0.2, 0.25) is 0 Å². The van der Waals surface area contributed by atoms with Crippen molar-refractivity contribution in [3.63, 3.8) is 0 Å². The number of nitrogens with zero attached hydrogens (tertiary/aromatic N) is 2. The molecule has 3 rings (SSSR count). The first-order valence-electron chi connectivity index (χ1n) is 5.30. The summed E-state index contributed by atoms with van der Waals surface area (Å²) in [5.74, 6) is -1.73. The average molecular weight is 265 g/mol. The molecular formula is C12H9F2N3S. The van der Waals surface area contributed by atoms with E-state index in [-0.39, 0.29) is 0 Å². The summed E-state index contributed by atoms with van der Waals surface area (Å²) in [7, 11) is 0. The fourth-order valence-corrected chi connectivity index (χ4v) is 2.66. The fraction of sp³-hybridized carbons (Fsp3) is 0.0833. The number of nitrogens with two attached hydrogens (primary N) is 1. The number of rotatable bonds is 2. The minimum Gasteiger partial charge on any atom is -0.325 e. The van der Waals surface area contributed by atoms with E-state index in [9.17, 15) is 8.78 Å². The molecule has 0 atom stereocenters. The fourth-order valence-electron chi connectivity index (χ4n) is 1.77. The number of imidazole rings is 1. The summed E-state index contributed by atoms with van der Waals surface area (Å²) in [4.78, 5) is 5.15. The van der Waals surface area contributed by atoms with Crippen LogP contribution in [0.25, 0.3) is 16.2 Å². The van der Waals surface area contributed by atoms with E-state index in [1.165, 1.54) is 17.4 Å². The van der Waals surface area contributed by atoms with Crippen molar-refractivity contribution in [3.05, 3.63) is 47.1 Å². The minimum absolute atomic E-state index is 0.410. The monoisotopic (exact) mass is 265 g/mol. The lowest BCUT2D eigenvalue weighted by Gasteiger charge is -1.97. The van der Waals surface area contributed by atoms with Crippen LogP contribution in [-0.4, -0.2) is 9.38 Å². The van der Waals surface area contributed by atoms with E-state index >= 15 is 0 Å². The van der Waals surface area contributed by atoms with Crippen LogP contribution in [0.4, 0.5) is 8.78 Å². The molecule has 6 heteroatoms. The van der Waals surface area contributed by atoms with Gasteiger partial charge in [0.25, 0.3) is 0 Å². The highest BCUT2D eigenvalue weighted by Crippen LogP contribution is 2.24. The molecule has 0 aliphatic rings. The summed E-state index contributed by atoms with van der Waals surface area (Å²) >= 11 is 1.47. The van der Waals surface area contributed by atoms with Gasteiger partial charge in [0.05, 0.1) is 5.69 Å².